The van der Waals surface area contributed by atoms with Crippen LogP contribution in [-0.2, 0) is 16.8 Å². The minimum absolute atomic E-state index is 0.115. The van der Waals surface area contributed by atoms with E-state index in [0.717, 1.165) is 12.0 Å². The average Bonchev–Trinajstić information content (AvgIpc) is 3.26. The molecular formula is C21H27N3O3. The molecule has 0 spiro atoms. The fourth-order valence-electron chi connectivity index (χ4n) is 3.46. The van der Waals surface area contributed by atoms with Gasteiger partial charge in [0.2, 0.25) is 5.91 Å². The Morgan fingerprint density at radius 1 is 1.26 bits per heavy atom. The van der Waals surface area contributed by atoms with Crippen LogP contribution in [0, 0.1) is 6.92 Å². The monoisotopic (exact) mass is 369 g/mol. The highest BCUT2D eigenvalue weighted by molar-refractivity contribution is 5.99. The Morgan fingerprint density at radius 2 is 1.96 bits per heavy atom. The van der Waals surface area contributed by atoms with E-state index in [1.807, 2.05) is 51.1 Å². The van der Waals surface area contributed by atoms with Gasteiger partial charge in [-0.3, -0.25) is 9.59 Å². The van der Waals surface area contributed by atoms with Gasteiger partial charge >= 0.3 is 0 Å². The van der Waals surface area contributed by atoms with Crippen LogP contribution in [0.3, 0.4) is 0 Å². The lowest BCUT2D eigenvalue weighted by Gasteiger charge is -2.25. The topological polar surface area (TPSA) is 75.4 Å². The number of hydrogen-bond donors (Lipinski definition) is 1. The van der Waals surface area contributed by atoms with E-state index in [1.54, 1.807) is 11.8 Å². The smallest absolute Gasteiger partial charge is 0.260 e. The zero-order chi connectivity index (χ0) is 19.6. The number of hydrogen-bond acceptors (Lipinski definition) is 4. The van der Waals surface area contributed by atoms with E-state index in [4.69, 9.17) is 4.52 Å². The van der Waals surface area contributed by atoms with Crippen molar-refractivity contribution in [2.24, 2.45) is 0 Å². The minimum atomic E-state index is -0.455. The quantitative estimate of drug-likeness (QED) is 0.898. The van der Waals surface area contributed by atoms with E-state index in [1.165, 1.54) is 0 Å². The van der Waals surface area contributed by atoms with Crippen LogP contribution in [0.25, 0.3) is 0 Å². The van der Waals surface area contributed by atoms with Crippen molar-refractivity contribution in [1.82, 2.24) is 15.4 Å². The van der Waals surface area contributed by atoms with E-state index >= 15 is 0 Å². The molecule has 1 unspecified atom stereocenters. The zero-order valence-corrected chi connectivity index (χ0v) is 16.4. The number of carbonyl (C=O) groups is 2. The number of carbonyl (C=O) groups excluding carboxylic acids is 2. The van der Waals surface area contributed by atoms with Gasteiger partial charge in [0.15, 0.2) is 0 Å². The highest BCUT2D eigenvalue weighted by Gasteiger charge is 2.38. The Morgan fingerprint density at radius 3 is 2.63 bits per heavy atom. The number of aromatic nitrogens is 1. The maximum Gasteiger partial charge on any atom is 0.260 e. The summed E-state index contributed by atoms with van der Waals surface area (Å²) in [5.74, 6) is 0.215. The maximum atomic E-state index is 13.2. The van der Waals surface area contributed by atoms with Gasteiger partial charge in [-0.1, -0.05) is 56.3 Å². The Kier molecular flexibility index (Phi) is 5.35. The van der Waals surface area contributed by atoms with E-state index in [-0.39, 0.29) is 17.2 Å². The third-order valence-electron chi connectivity index (χ3n) is 4.91. The first-order chi connectivity index (χ1) is 12.8. The molecule has 1 aliphatic heterocycles. The number of rotatable bonds is 4. The second-order valence-corrected chi connectivity index (χ2v) is 8.07. The van der Waals surface area contributed by atoms with Gasteiger partial charge in [-0.25, -0.2) is 0 Å². The molecule has 144 valence electrons. The van der Waals surface area contributed by atoms with Gasteiger partial charge in [0.1, 0.15) is 23.1 Å². The van der Waals surface area contributed by atoms with Gasteiger partial charge in [-0.05, 0) is 25.3 Å². The molecule has 0 radical (unpaired) electrons. The highest BCUT2D eigenvalue weighted by atomic mass is 16.5. The molecule has 1 N–H and O–H groups in total. The van der Waals surface area contributed by atoms with Gasteiger partial charge < -0.3 is 14.7 Å². The Balaban J connectivity index is 1.75. The minimum Gasteiger partial charge on any atom is -0.361 e. The predicted molar refractivity (Wildman–Crippen MR) is 102 cm³/mol. The molecule has 6 heteroatoms. The highest BCUT2D eigenvalue weighted by Crippen LogP contribution is 2.30. The fraction of sp³-hybridized carbons (Fsp3) is 0.476. The summed E-state index contributed by atoms with van der Waals surface area (Å²) in [6.45, 7) is 8.75. The van der Waals surface area contributed by atoms with Gasteiger partial charge in [-0.15, -0.1) is 0 Å². The van der Waals surface area contributed by atoms with Crippen molar-refractivity contribution in [2.75, 3.05) is 6.54 Å². The first-order valence-electron chi connectivity index (χ1n) is 9.38. The van der Waals surface area contributed by atoms with E-state index in [2.05, 4.69) is 10.5 Å². The number of nitrogens with one attached hydrogen (secondary N) is 1. The van der Waals surface area contributed by atoms with Crippen LogP contribution in [0.5, 0.6) is 0 Å². The second-order valence-electron chi connectivity index (χ2n) is 8.07. The average molecular weight is 369 g/mol. The molecule has 1 atom stereocenters. The van der Waals surface area contributed by atoms with E-state index in [9.17, 15) is 9.59 Å². The largest absolute Gasteiger partial charge is 0.361 e. The Labute approximate surface area is 159 Å². The molecular weight excluding hydrogens is 342 g/mol. The molecule has 1 aliphatic rings. The van der Waals surface area contributed by atoms with Gasteiger partial charge in [0.25, 0.3) is 5.91 Å². The third kappa shape index (κ3) is 4.04. The summed E-state index contributed by atoms with van der Waals surface area (Å²) in [7, 11) is 0. The summed E-state index contributed by atoms with van der Waals surface area (Å²) in [5.41, 5.74) is 1.85. The van der Waals surface area contributed by atoms with Crippen molar-refractivity contribution in [1.29, 1.82) is 0 Å². The molecule has 27 heavy (non-hydrogen) atoms. The van der Waals surface area contributed by atoms with Crippen molar-refractivity contribution in [3.05, 3.63) is 52.9 Å². The van der Waals surface area contributed by atoms with Crippen LogP contribution in [0.1, 0.15) is 61.0 Å². The summed E-state index contributed by atoms with van der Waals surface area (Å²) in [6, 6.07) is 9.30. The molecule has 0 saturated carbocycles. The van der Waals surface area contributed by atoms with Crippen LogP contribution >= 0.6 is 0 Å². The lowest BCUT2D eigenvalue weighted by molar-refractivity contribution is -0.125. The molecule has 3 rings (SSSR count). The number of amides is 2. The third-order valence-corrected chi connectivity index (χ3v) is 4.91. The van der Waals surface area contributed by atoms with E-state index in [0.29, 0.717) is 36.5 Å². The van der Waals surface area contributed by atoms with Gasteiger partial charge in [-0.2, -0.15) is 0 Å². The molecule has 1 aromatic carbocycles. The van der Waals surface area contributed by atoms with Crippen LogP contribution in [0.2, 0.25) is 0 Å². The van der Waals surface area contributed by atoms with Crippen molar-refractivity contribution in [3.63, 3.8) is 0 Å². The molecule has 0 bridgehead atoms. The van der Waals surface area contributed by atoms with E-state index < -0.39 is 6.04 Å². The molecule has 2 heterocycles. The number of benzene rings is 1. The first kappa shape index (κ1) is 19.1. The summed E-state index contributed by atoms with van der Waals surface area (Å²) >= 11 is 0. The summed E-state index contributed by atoms with van der Waals surface area (Å²) in [6.07, 6.45) is 1.48. The van der Waals surface area contributed by atoms with Gasteiger partial charge in [0.05, 0.1) is 0 Å². The normalized spacial score (nSPS) is 17.2. The molecule has 2 aromatic rings. The molecule has 0 aliphatic carbocycles. The molecule has 6 nitrogen and oxygen atoms in total. The number of likely N-dealkylation sites (tertiary alicyclic amines) is 1. The van der Waals surface area contributed by atoms with Crippen molar-refractivity contribution >= 4 is 11.8 Å². The Hall–Kier alpha value is -2.63. The molecule has 1 fully saturated rings. The lowest BCUT2D eigenvalue weighted by atomic mass is 9.88. The van der Waals surface area contributed by atoms with Crippen LogP contribution < -0.4 is 5.32 Å². The van der Waals surface area contributed by atoms with Crippen molar-refractivity contribution in [3.8, 4) is 0 Å². The molecule has 1 saturated heterocycles. The second kappa shape index (κ2) is 7.55. The predicted octanol–water partition coefficient (Wildman–Crippen LogP) is 3.20. The van der Waals surface area contributed by atoms with Crippen molar-refractivity contribution < 1.29 is 14.1 Å². The zero-order valence-electron chi connectivity index (χ0n) is 16.4. The maximum absolute atomic E-state index is 13.2. The van der Waals surface area contributed by atoms with Crippen LogP contribution in [0.4, 0.5) is 0 Å². The first-order valence-corrected chi connectivity index (χ1v) is 9.38. The SMILES string of the molecule is Cc1onc(C(C)(C)C)c1C(=O)N1CCCC1C(=O)NCc1ccccc1. The van der Waals surface area contributed by atoms with Crippen molar-refractivity contribution in [2.45, 2.75) is 58.5 Å². The van der Waals surface area contributed by atoms with Crippen LogP contribution in [0.15, 0.2) is 34.9 Å². The van der Waals surface area contributed by atoms with Crippen LogP contribution in [-0.4, -0.2) is 34.5 Å². The Bertz CT molecular complexity index is 821. The summed E-state index contributed by atoms with van der Waals surface area (Å²) < 4.78 is 5.31. The lowest BCUT2D eigenvalue weighted by Crippen LogP contribution is -2.46. The number of nitrogens with zero attached hydrogens (tertiary/aromatic N) is 2. The fourth-order valence-corrected chi connectivity index (χ4v) is 3.46. The summed E-state index contributed by atoms with van der Waals surface area (Å²) in [4.78, 5) is 27.6. The standard InChI is InChI=1S/C21H27N3O3/c1-14-17(18(23-27-14)21(2,3)4)20(26)24-12-8-11-16(24)19(25)22-13-15-9-6-5-7-10-15/h5-7,9-10,16H,8,11-13H2,1-4H3,(H,22,25). The summed E-state index contributed by atoms with van der Waals surface area (Å²) in [5, 5.41) is 7.06. The molecule has 2 amide bonds. The van der Waals surface area contributed by atoms with Gasteiger partial charge in [0, 0.05) is 18.5 Å². The number of aryl methyl sites for hydroxylation is 1. The molecule has 1 aromatic heterocycles.